The molecule has 0 atom stereocenters. The number of carbonyl (C=O) groups excluding carboxylic acids is 1. The molecule has 1 N–H and O–H groups in total. The van der Waals surface area contributed by atoms with Crippen molar-refractivity contribution in [1.82, 2.24) is 40.0 Å². The van der Waals surface area contributed by atoms with E-state index >= 15 is 0 Å². The first-order chi connectivity index (χ1) is 15.0. The second kappa shape index (κ2) is 7.65. The first-order valence-electron chi connectivity index (χ1n) is 10.1. The number of tetrazole rings is 1. The van der Waals surface area contributed by atoms with E-state index in [2.05, 4.69) is 35.9 Å². The van der Waals surface area contributed by atoms with Crippen LogP contribution in [0.1, 0.15) is 54.8 Å². The van der Waals surface area contributed by atoms with E-state index in [1.54, 1.807) is 22.3 Å². The molecule has 0 radical (unpaired) electrons. The summed E-state index contributed by atoms with van der Waals surface area (Å²) in [5.41, 5.74) is 3.24. The summed E-state index contributed by atoms with van der Waals surface area (Å²) in [7, 11) is 0. The maximum atomic E-state index is 12.8. The summed E-state index contributed by atoms with van der Waals surface area (Å²) in [6.07, 6.45) is 7.93. The van der Waals surface area contributed by atoms with Gasteiger partial charge in [-0.05, 0) is 61.2 Å². The third kappa shape index (κ3) is 3.83. The summed E-state index contributed by atoms with van der Waals surface area (Å²) in [5.74, 6) is 0.689. The van der Waals surface area contributed by atoms with Crippen molar-refractivity contribution >= 4 is 23.1 Å². The summed E-state index contributed by atoms with van der Waals surface area (Å²) in [6, 6.07) is 2.41. The fourth-order valence-corrected chi connectivity index (χ4v) is 4.00. The molecule has 4 aromatic rings. The van der Waals surface area contributed by atoms with Gasteiger partial charge in [0.1, 0.15) is 11.5 Å². The molecule has 158 valence electrons. The summed E-state index contributed by atoms with van der Waals surface area (Å²) in [4.78, 5) is 21.6. The Morgan fingerprint density at radius 1 is 1.29 bits per heavy atom. The van der Waals surface area contributed by atoms with E-state index in [0.717, 1.165) is 16.7 Å². The SMILES string of the molecule is Cc1cnc(C(=O)Nc2csc(-c3nnnn3C(C)C)n2)cc1-c1cnn(C2CC2)c1. The number of carbonyl (C=O) groups is 1. The number of aromatic nitrogens is 8. The monoisotopic (exact) mass is 435 g/mol. The van der Waals surface area contributed by atoms with Crippen molar-refractivity contribution in [2.24, 2.45) is 0 Å². The highest BCUT2D eigenvalue weighted by Crippen LogP contribution is 2.35. The minimum Gasteiger partial charge on any atom is -0.304 e. The minimum absolute atomic E-state index is 0.103. The molecule has 4 heterocycles. The van der Waals surface area contributed by atoms with E-state index in [1.807, 2.05) is 37.8 Å². The van der Waals surface area contributed by atoms with Crippen molar-refractivity contribution in [2.75, 3.05) is 5.32 Å². The van der Waals surface area contributed by atoms with E-state index in [0.29, 0.717) is 28.4 Å². The molecule has 1 aliphatic carbocycles. The predicted octanol–water partition coefficient (Wildman–Crippen LogP) is 3.53. The van der Waals surface area contributed by atoms with E-state index in [4.69, 9.17) is 0 Å². The number of thiazole rings is 1. The molecule has 5 rings (SSSR count). The highest BCUT2D eigenvalue weighted by molar-refractivity contribution is 7.13. The smallest absolute Gasteiger partial charge is 0.275 e. The average molecular weight is 436 g/mol. The Hall–Kier alpha value is -3.47. The summed E-state index contributed by atoms with van der Waals surface area (Å²) < 4.78 is 3.69. The Labute approximate surface area is 182 Å². The summed E-state index contributed by atoms with van der Waals surface area (Å²) >= 11 is 1.37. The number of hydrogen-bond donors (Lipinski definition) is 1. The third-order valence-electron chi connectivity index (χ3n) is 5.09. The minimum atomic E-state index is -0.323. The van der Waals surface area contributed by atoms with Crippen LogP contribution >= 0.6 is 11.3 Å². The maximum Gasteiger partial charge on any atom is 0.275 e. The number of nitrogens with zero attached hydrogens (tertiary/aromatic N) is 8. The Kier molecular flexibility index (Phi) is 4.81. The van der Waals surface area contributed by atoms with Crippen molar-refractivity contribution in [1.29, 1.82) is 0 Å². The molecule has 10 nitrogen and oxygen atoms in total. The highest BCUT2D eigenvalue weighted by Gasteiger charge is 2.24. The van der Waals surface area contributed by atoms with Crippen LogP contribution in [0.25, 0.3) is 22.0 Å². The van der Waals surface area contributed by atoms with Gasteiger partial charge in [-0.15, -0.1) is 16.4 Å². The van der Waals surface area contributed by atoms with Crippen LogP contribution in [0.4, 0.5) is 5.82 Å². The lowest BCUT2D eigenvalue weighted by Crippen LogP contribution is -2.14. The van der Waals surface area contributed by atoms with E-state index in [9.17, 15) is 4.79 Å². The summed E-state index contributed by atoms with van der Waals surface area (Å²) in [6.45, 7) is 5.96. The van der Waals surface area contributed by atoms with Crippen LogP contribution in [0.5, 0.6) is 0 Å². The quantitative estimate of drug-likeness (QED) is 0.492. The lowest BCUT2D eigenvalue weighted by molar-refractivity contribution is 0.102. The topological polar surface area (TPSA) is 116 Å². The second-order valence-electron chi connectivity index (χ2n) is 7.86. The highest BCUT2D eigenvalue weighted by atomic mass is 32.1. The molecular weight excluding hydrogens is 414 g/mol. The van der Waals surface area contributed by atoms with Crippen LogP contribution < -0.4 is 5.32 Å². The molecule has 1 fully saturated rings. The van der Waals surface area contributed by atoms with Gasteiger partial charge >= 0.3 is 0 Å². The van der Waals surface area contributed by atoms with E-state index in [-0.39, 0.29) is 11.9 Å². The first-order valence-corrected chi connectivity index (χ1v) is 10.9. The fourth-order valence-electron chi connectivity index (χ4n) is 3.27. The van der Waals surface area contributed by atoms with Crippen LogP contribution in [0.15, 0.2) is 30.0 Å². The largest absolute Gasteiger partial charge is 0.304 e. The molecule has 0 aliphatic heterocycles. The molecule has 1 amide bonds. The van der Waals surface area contributed by atoms with E-state index < -0.39 is 0 Å². The zero-order valence-corrected chi connectivity index (χ0v) is 18.2. The van der Waals surface area contributed by atoms with Crippen molar-refractivity contribution in [3.63, 3.8) is 0 Å². The molecule has 31 heavy (non-hydrogen) atoms. The molecule has 0 saturated heterocycles. The summed E-state index contributed by atoms with van der Waals surface area (Å²) in [5, 5.41) is 21.4. The van der Waals surface area contributed by atoms with Crippen molar-refractivity contribution in [3.8, 4) is 22.0 Å². The third-order valence-corrected chi connectivity index (χ3v) is 5.93. The van der Waals surface area contributed by atoms with Gasteiger partial charge in [0, 0.05) is 23.3 Å². The predicted molar refractivity (Wildman–Crippen MR) is 116 cm³/mol. The van der Waals surface area contributed by atoms with E-state index in [1.165, 1.54) is 24.2 Å². The van der Waals surface area contributed by atoms with Gasteiger partial charge in [-0.2, -0.15) is 5.10 Å². The molecule has 0 spiro atoms. The average Bonchev–Trinajstić information content (AvgIpc) is 3.14. The number of nitrogens with one attached hydrogen (secondary N) is 1. The van der Waals surface area contributed by atoms with Gasteiger partial charge in [-0.3, -0.25) is 14.5 Å². The van der Waals surface area contributed by atoms with Gasteiger partial charge in [0.15, 0.2) is 5.01 Å². The van der Waals surface area contributed by atoms with Crippen LogP contribution in [0, 0.1) is 6.92 Å². The Balaban J connectivity index is 1.36. The zero-order valence-electron chi connectivity index (χ0n) is 17.3. The Morgan fingerprint density at radius 3 is 2.90 bits per heavy atom. The van der Waals surface area contributed by atoms with Crippen LogP contribution in [0.2, 0.25) is 0 Å². The number of rotatable bonds is 6. The molecular formula is C20H21N9OS. The number of aryl methyl sites for hydroxylation is 1. The van der Waals surface area contributed by atoms with Gasteiger partial charge in [0.2, 0.25) is 5.82 Å². The Bertz CT molecular complexity index is 1250. The number of anilines is 1. The zero-order chi connectivity index (χ0) is 21.5. The second-order valence-corrected chi connectivity index (χ2v) is 8.72. The molecule has 0 bridgehead atoms. The van der Waals surface area contributed by atoms with Crippen molar-refractivity contribution in [3.05, 3.63) is 41.3 Å². The fraction of sp³-hybridized carbons (Fsp3) is 0.350. The lowest BCUT2D eigenvalue weighted by atomic mass is 10.0. The van der Waals surface area contributed by atoms with Gasteiger partial charge in [-0.25, -0.2) is 9.67 Å². The molecule has 11 heteroatoms. The molecule has 1 aliphatic rings. The normalized spacial score (nSPS) is 13.7. The van der Waals surface area contributed by atoms with Gasteiger partial charge < -0.3 is 5.32 Å². The van der Waals surface area contributed by atoms with Crippen molar-refractivity contribution in [2.45, 2.75) is 45.7 Å². The number of pyridine rings is 1. The lowest BCUT2D eigenvalue weighted by Gasteiger charge is -2.07. The molecule has 0 aromatic carbocycles. The number of amides is 1. The van der Waals surface area contributed by atoms with Crippen LogP contribution in [0.3, 0.4) is 0 Å². The van der Waals surface area contributed by atoms with Crippen LogP contribution in [-0.2, 0) is 0 Å². The molecule has 0 unspecified atom stereocenters. The van der Waals surface area contributed by atoms with Gasteiger partial charge in [0.25, 0.3) is 5.91 Å². The van der Waals surface area contributed by atoms with Gasteiger partial charge in [0.05, 0.1) is 18.3 Å². The van der Waals surface area contributed by atoms with Crippen LogP contribution in [-0.4, -0.2) is 45.9 Å². The molecule has 1 saturated carbocycles. The van der Waals surface area contributed by atoms with Crippen molar-refractivity contribution < 1.29 is 4.79 Å². The Morgan fingerprint density at radius 2 is 2.13 bits per heavy atom. The molecule has 4 aromatic heterocycles. The standard InChI is InChI=1S/C20H21N9OS/c1-11(2)29-18(25-26-27-29)20-24-17(10-31-20)23-19(30)16-6-15(12(3)7-21-16)13-8-22-28(9-13)14-4-5-14/h6-11,14H,4-5H2,1-3H3,(H,23,30). The maximum absolute atomic E-state index is 12.8. The van der Waals surface area contributed by atoms with Gasteiger partial charge in [-0.1, -0.05) is 0 Å². The number of hydrogen-bond acceptors (Lipinski definition) is 8. The first kappa shape index (κ1) is 19.5.